The van der Waals surface area contributed by atoms with Gasteiger partial charge in [-0.15, -0.1) is 0 Å². The second-order valence-corrected chi connectivity index (χ2v) is 6.14. The van der Waals surface area contributed by atoms with Gasteiger partial charge in [-0.05, 0) is 31.0 Å². The molecule has 2 aromatic heterocycles. The van der Waals surface area contributed by atoms with E-state index in [0.717, 1.165) is 54.3 Å². The topological polar surface area (TPSA) is 52.8 Å². The van der Waals surface area contributed by atoms with Crippen LogP contribution in [0.5, 0.6) is 0 Å². The molecule has 1 saturated heterocycles. The van der Waals surface area contributed by atoms with Crippen LogP contribution >= 0.6 is 0 Å². The summed E-state index contributed by atoms with van der Waals surface area (Å²) in [6.45, 7) is 1.89. The summed E-state index contributed by atoms with van der Waals surface area (Å²) in [6.07, 6.45) is 4.04. The van der Waals surface area contributed by atoms with Gasteiger partial charge in [0.1, 0.15) is 17.5 Å². The molecule has 0 N–H and O–H groups in total. The molecule has 0 radical (unpaired) electrons. The summed E-state index contributed by atoms with van der Waals surface area (Å²) in [5, 5.41) is 9.84. The second kappa shape index (κ2) is 6.74. The number of benzene rings is 1. The SMILES string of the molecule is N#Cc1c(-c2ccccn2)cc(-c2ccccc2)nc1N1CCCC1. The zero-order valence-electron chi connectivity index (χ0n) is 13.9. The number of anilines is 1. The fraction of sp³-hybridized carbons (Fsp3) is 0.190. The lowest BCUT2D eigenvalue weighted by atomic mass is 10.0. The molecule has 3 aromatic rings. The highest BCUT2D eigenvalue weighted by Crippen LogP contribution is 2.34. The minimum atomic E-state index is 0.611. The number of nitriles is 1. The standard InChI is InChI=1S/C21H18N4/c22-15-18-17(19-10-4-5-11-23-19)14-20(16-8-2-1-3-9-16)24-21(18)25-12-6-7-13-25/h1-5,8-11,14H,6-7,12-13H2. The predicted octanol–water partition coefficient (Wildman–Crippen LogP) is 4.28. The van der Waals surface area contributed by atoms with E-state index in [1.54, 1.807) is 6.20 Å². The molecule has 4 nitrogen and oxygen atoms in total. The van der Waals surface area contributed by atoms with Crippen LogP contribution in [0.2, 0.25) is 0 Å². The predicted molar refractivity (Wildman–Crippen MR) is 99.1 cm³/mol. The monoisotopic (exact) mass is 326 g/mol. The summed E-state index contributed by atoms with van der Waals surface area (Å²) in [4.78, 5) is 11.5. The molecule has 1 aliphatic heterocycles. The number of aromatic nitrogens is 2. The number of hydrogen-bond acceptors (Lipinski definition) is 4. The van der Waals surface area contributed by atoms with Crippen molar-refractivity contribution in [2.24, 2.45) is 0 Å². The third-order valence-electron chi connectivity index (χ3n) is 4.53. The van der Waals surface area contributed by atoms with E-state index in [2.05, 4.69) is 16.0 Å². The van der Waals surface area contributed by atoms with Crippen LogP contribution in [0.15, 0.2) is 60.8 Å². The van der Waals surface area contributed by atoms with Crippen LogP contribution in [-0.4, -0.2) is 23.1 Å². The van der Waals surface area contributed by atoms with E-state index in [-0.39, 0.29) is 0 Å². The van der Waals surface area contributed by atoms with Gasteiger partial charge in [0, 0.05) is 30.4 Å². The smallest absolute Gasteiger partial charge is 0.147 e. The van der Waals surface area contributed by atoms with E-state index >= 15 is 0 Å². The maximum absolute atomic E-state index is 9.84. The van der Waals surface area contributed by atoms with Crippen LogP contribution in [0.25, 0.3) is 22.5 Å². The Kier molecular flexibility index (Phi) is 4.14. The molecule has 1 aliphatic rings. The first-order chi connectivity index (χ1) is 12.4. The van der Waals surface area contributed by atoms with Gasteiger partial charge in [0.25, 0.3) is 0 Å². The highest BCUT2D eigenvalue weighted by Gasteiger charge is 2.22. The van der Waals surface area contributed by atoms with Gasteiger partial charge in [-0.2, -0.15) is 5.26 Å². The number of nitrogens with zero attached hydrogens (tertiary/aromatic N) is 4. The number of rotatable bonds is 3. The Bertz CT molecular complexity index is 908. The summed E-state index contributed by atoms with van der Waals surface area (Å²) in [5.41, 5.74) is 4.19. The molecule has 0 amide bonds. The van der Waals surface area contributed by atoms with Crippen molar-refractivity contribution < 1.29 is 0 Å². The summed E-state index contributed by atoms with van der Waals surface area (Å²) in [6, 6.07) is 20.2. The molecule has 0 saturated carbocycles. The highest BCUT2D eigenvalue weighted by molar-refractivity contribution is 5.79. The van der Waals surface area contributed by atoms with Crippen molar-refractivity contribution in [3.8, 4) is 28.6 Å². The molecular formula is C21H18N4. The molecule has 0 atom stereocenters. The first-order valence-electron chi connectivity index (χ1n) is 8.54. The van der Waals surface area contributed by atoms with Crippen molar-refractivity contribution in [2.75, 3.05) is 18.0 Å². The number of pyridine rings is 2. The summed E-state index contributed by atoms with van der Waals surface area (Å²) >= 11 is 0. The lowest BCUT2D eigenvalue weighted by Crippen LogP contribution is -2.21. The number of hydrogen-bond donors (Lipinski definition) is 0. The average Bonchev–Trinajstić information content (AvgIpc) is 3.23. The lowest BCUT2D eigenvalue weighted by molar-refractivity contribution is 0.935. The molecule has 0 bridgehead atoms. The lowest BCUT2D eigenvalue weighted by Gasteiger charge is -2.20. The van der Waals surface area contributed by atoms with Gasteiger partial charge in [0.05, 0.1) is 11.4 Å². The van der Waals surface area contributed by atoms with Crippen LogP contribution < -0.4 is 4.90 Å². The molecule has 1 aromatic carbocycles. The maximum atomic E-state index is 9.84. The van der Waals surface area contributed by atoms with E-state index in [1.165, 1.54) is 0 Å². The van der Waals surface area contributed by atoms with Crippen LogP contribution in [0, 0.1) is 11.3 Å². The van der Waals surface area contributed by atoms with E-state index in [4.69, 9.17) is 4.98 Å². The van der Waals surface area contributed by atoms with Crippen molar-refractivity contribution in [1.82, 2.24) is 9.97 Å². The Balaban J connectivity index is 1.95. The van der Waals surface area contributed by atoms with Crippen molar-refractivity contribution in [2.45, 2.75) is 12.8 Å². The van der Waals surface area contributed by atoms with E-state index < -0.39 is 0 Å². The van der Waals surface area contributed by atoms with Gasteiger partial charge in [0.15, 0.2) is 0 Å². The van der Waals surface area contributed by atoms with E-state index in [9.17, 15) is 5.26 Å². The van der Waals surface area contributed by atoms with E-state index in [0.29, 0.717) is 5.56 Å². The Hall–Kier alpha value is -3.19. The fourth-order valence-electron chi connectivity index (χ4n) is 3.28. The summed E-state index contributed by atoms with van der Waals surface area (Å²) < 4.78 is 0. The van der Waals surface area contributed by atoms with Gasteiger partial charge in [-0.25, -0.2) is 4.98 Å². The zero-order chi connectivity index (χ0) is 17.1. The minimum absolute atomic E-state index is 0.611. The Morgan fingerprint density at radius 2 is 1.68 bits per heavy atom. The Labute approximate surface area is 147 Å². The third-order valence-corrected chi connectivity index (χ3v) is 4.53. The molecule has 4 rings (SSSR count). The van der Waals surface area contributed by atoms with Gasteiger partial charge in [-0.3, -0.25) is 4.98 Å². The molecule has 25 heavy (non-hydrogen) atoms. The zero-order valence-corrected chi connectivity index (χ0v) is 13.9. The maximum Gasteiger partial charge on any atom is 0.147 e. The van der Waals surface area contributed by atoms with Crippen LogP contribution in [0.1, 0.15) is 18.4 Å². The summed E-state index contributed by atoms with van der Waals surface area (Å²) in [7, 11) is 0. The van der Waals surface area contributed by atoms with Gasteiger partial charge in [-0.1, -0.05) is 36.4 Å². The van der Waals surface area contributed by atoms with Crippen LogP contribution in [0.3, 0.4) is 0 Å². The fourth-order valence-corrected chi connectivity index (χ4v) is 3.28. The van der Waals surface area contributed by atoms with Gasteiger partial charge < -0.3 is 4.90 Å². The van der Waals surface area contributed by atoms with Crippen molar-refractivity contribution in [3.63, 3.8) is 0 Å². The minimum Gasteiger partial charge on any atom is -0.355 e. The van der Waals surface area contributed by atoms with Crippen LogP contribution in [-0.2, 0) is 0 Å². The van der Waals surface area contributed by atoms with Crippen molar-refractivity contribution >= 4 is 5.82 Å². The third kappa shape index (κ3) is 2.97. The second-order valence-electron chi connectivity index (χ2n) is 6.14. The summed E-state index contributed by atoms with van der Waals surface area (Å²) in [5.74, 6) is 0.780. The molecule has 4 heteroatoms. The largest absolute Gasteiger partial charge is 0.355 e. The van der Waals surface area contributed by atoms with E-state index in [1.807, 2.05) is 54.6 Å². The molecule has 3 heterocycles. The highest BCUT2D eigenvalue weighted by atomic mass is 15.2. The van der Waals surface area contributed by atoms with Gasteiger partial charge in [0.2, 0.25) is 0 Å². The van der Waals surface area contributed by atoms with Crippen LogP contribution in [0.4, 0.5) is 5.82 Å². The quantitative estimate of drug-likeness (QED) is 0.721. The van der Waals surface area contributed by atoms with Crippen molar-refractivity contribution in [1.29, 1.82) is 5.26 Å². The Morgan fingerprint density at radius 3 is 2.36 bits per heavy atom. The molecular weight excluding hydrogens is 308 g/mol. The first-order valence-corrected chi connectivity index (χ1v) is 8.54. The first kappa shape index (κ1) is 15.3. The molecule has 122 valence electrons. The molecule has 0 spiro atoms. The average molecular weight is 326 g/mol. The molecule has 0 unspecified atom stereocenters. The molecule has 0 aliphatic carbocycles. The Morgan fingerprint density at radius 1 is 0.920 bits per heavy atom. The van der Waals surface area contributed by atoms with Crippen molar-refractivity contribution in [3.05, 3.63) is 66.4 Å². The molecule has 1 fully saturated rings. The normalized spacial score (nSPS) is 13.6. The van der Waals surface area contributed by atoms with Gasteiger partial charge >= 0.3 is 0 Å².